The lowest BCUT2D eigenvalue weighted by atomic mass is 9.69. The molecule has 2 rings (SSSR count). The summed E-state index contributed by atoms with van der Waals surface area (Å²) in [5.41, 5.74) is 0.552. The molecule has 20 heavy (non-hydrogen) atoms. The van der Waals surface area contributed by atoms with Crippen molar-refractivity contribution in [3.8, 4) is 0 Å². The minimum atomic E-state index is 0.552. The molecule has 0 unspecified atom stereocenters. The second-order valence-electron chi connectivity index (χ2n) is 7.87. The second-order valence-corrected chi connectivity index (χ2v) is 9.14. The van der Waals surface area contributed by atoms with Crippen molar-refractivity contribution in [2.24, 2.45) is 11.3 Å². The van der Waals surface area contributed by atoms with E-state index < -0.39 is 0 Å². The normalized spacial score (nSPS) is 30.6. The number of rotatable bonds is 6. The van der Waals surface area contributed by atoms with Crippen LogP contribution in [0.15, 0.2) is 0 Å². The van der Waals surface area contributed by atoms with Crippen LogP contribution in [0.2, 0.25) is 0 Å². The zero-order chi connectivity index (χ0) is 14.6. The predicted octanol–water partition coefficient (Wildman–Crippen LogP) is 5.25. The molecule has 0 amide bonds. The van der Waals surface area contributed by atoms with Gasteiger partial charge in [-0.25, -0.2) is 0 Å². The van der Waals surface area contributed by atoms with Crippen LogP contribution in [0.25, 0.3) is 0 Å². The molecule has 0 heterocycles. The first-order chi connectivity index (χ1) is 9.51. The summed E-state index contributed by atoms with van der Waals surface area (Å²) in [6.45, 7) is 8.53. The molecule has 0 bridgehead atoms. The van der Waals surface area contributed by atoms with Crippen molar-refractivity contribution < 1.29 is 0 Å². The van der Waals surface area contributed by atoms with Crippen LogP contribution in [0.5, 0.6) is 0 Å². The fourth-order valence-corrected chi connectivity index (χ4v) is 5.10. The topological polar surface area (TPSA) is 12.0 Å². The highest BCUT2D eigenvalue weighted by Crippen LogP contribution is 2.42. The summed E-state index contributed by atoms with van der Waals surface area (Å²) >= 11 is 2.11. The zero-order valence-corrected chi connectivity index (χ0v) is 15.0. The SMILES string of the molecule is CCC(C)(C)C1CCC(NCC2(SC)CCCC2)CC1. The van der Waals surface area contributed by atoms with Gasteiger partial charge in [-0.05, 0) is 56.1 Å². The van der Waals surface area contributed by atoms with Gasteiger partial charge in [-0.15, -0.1) is 0 Å². The molecule has 2 aliphatic rings. The van der Waals surface area contributed by atoms with Crippen molar-refractivity contribution >= 4 is 11.8 Å². The molecule has 0 aromatic heterocycles. The summed E-state index contributed by atoms with van der Waals surface area (Å²) in [4.78, 5) is 0. The van der Waals surface area contributed by atoms with Crippen LogP contribution in [0, 0.1) is 11.3 Å². The first-order valence-electron chi connectivity index (χ1n) is 8.80. The maximum atomic E-state index is 3.92. The van der Waals surface area contributed by atoms with E-state index in [0.29, 0.717) is 10.2 Å². The third kappa shape index (κ3) is 3.94. The van der Waals surface area contributed by atoms with E-state index in [-0.39, 0.29) is 0 Å². The molecule has 0 radical (unpaired) electrons. The van der Waals surface area contributed by atoms with E-state index in [2.05, 4.69) is 44.1 Å². The van der Waals surface area contributed by atoms with Gasteiger partial charge in [0.25, 0.3) is 0 Å². The fraction of sp³-hybridized carbons (Fsp3) is 1.00. The summed E-state index contributed by atoms with van der Waals surface area (Å²) in [6, 6.07) is 0.795. The molecule has 2 heteroatoms. The van der Waals surface area contributed by atoms with Gasteiger partial charge in [-0.2, -0.15) is 11.8 Å². The number of hydrogen-bond acceptors (Lipinski definition) is 2. The monoisotopic (exact) mass is 297 g/mol. The molecule has 2 fully saturated rings. The van der Waals surface area contributed by atoms with Gasteiger partial charge in [-0.1, -0.05) is 40.0 Å². The average Bonchev–Trinajstić information content (AvgIpc) is 2.95. The van der Waals surface area contributed by atoms with Crippen LogP contribution < -0.4 is 5.32 Å². The number of nitrogens with one attached hydrogen (secondary N) is 1. The molecular weight excluding hydrogens is 262 g/mol. The lowest BCUT2D eigenvalue weighted by Gasteiger charge is -2.40. The molecule has 0 atom stereocenters. The van der Waals surface area contributed by atoms with Gasteiger partial charge >= 0.3 is 0 Å². The van der Waals surface area contributed by atoms with E-state index >= 15 is 0 Å². The molecule has 0 aromatic carbocycles. The van der Waals surface area contributed by atoms with Crippen molar-refractivity contribution in [3.05, 3.63) is 0 Å². The van der Waals surface area contributed by atoms with E-state index in [1.165, 1.54) is 64.3 Å². The third-order valence-corrected chi connectivity index (χ3v) is 7.82. The van der Waals surface area contributed by atoms with Crippen molar-refractivity contribution in [2.45, 2.75) is 89.3 Å². The maximum absolute atomic E-state index is 3.92. The standard InChI is InChI=1S/C18H35NS/c1-5-17(2,3)15-8-10-16(11-9-15)19-14-18(20-4)12-6-7-13-18/h15-16,19H,5-14H2,1-4H3. The Hall–Kier alpha value is 0.310. The summed E-state index contributed by atoms with van der Waals surface area (Å²) < 4.78 is 0.569. The molecular formula is C18H35NS. The van der Waals surface area contributed by atoms with Crippen LogP contribution in [-0.4, -0.2) is 23.6 Å². The van der Waals surface area contributed by atoms with E-state index in [0.717, 1.165) is 12.0 Å². The van der Waals surface area contributed by atoms with E-state index in [4.69, 9.17) is 0 Å². The van der Waals surface area contributed by atoms with E-state index in [1.807, 2.05) is 0 Å². The highest BCUT2D eigenvalue weighted by molar-refractivity contribution is 8.00. The van der Waals surface area contributed by atoms with Crippen molar-refractivity contribution in [3.63, 3.8) is 0 Å². The molecule has 0 saturated heterocycles. The first-order valence-corrected chi connectivity index (χ1v) is 10.0. The van der Waals surface area contributed by atoms with E-state index in [9.17, 15) is 0 Å². The molecule has 2 aliphatic carbocycles. The van der Waals surface area contributed by atoms with Crippen molar-refractivity contribution in [2.75, 3.05) is 12.8 Å². The van der Waals surface area contributed by atoms with Gasteiger partial charge in [0.05, 0.1) is 0 Å². The maximum Gasteiger partial charge on any atom is 0.0281 e. The lowest BCUT2D eigenvalue weighted by molar-refractivity contribution is 0.136. The number of thioether (sulfide) groups is 1. The third-order valence-electron chi connectivity index (χ3n) is 6.40. The van der Waals surface area contributed by atoms with Gasteiger partial charge < -0.3 is 5.32 Å². The highest BCUT2D eigenvalue weighted by Gasteiger charge is 2.35. The van der Waals surface area contributed by atoms with Crippen LogP contribution in [0.3, 0.4) is 0 Å². The van der Waals surface area contributed by atoms with Gasteiger partial charge in [0.15, 0.2) is 0 Å². The summed E-state index contributed by atoms with van der Waals surface area (Å²) in [7, 11) is 0. The largest absolute Gasteiger partial charge is 0.313 e. The Labute approximate surface area is 131 Å². The Kier molecular flexibility index (Phi) is 5.88. The van der Waals surface area contributed by atoms with Crippen molar-refractivity contribution in [1.82, 2.24) is 5.32 Å². The Balaban J connectivity index is 1.74. The second kappa shape index (κ2) is 7.05. The summed E-state index contributed by atoms with van der Waals surface area (Å²) in [5, 5.41) is 3.92. The molecule has 0 spiro atoms. The average molecular weight is 298 g/mol. The minimum Gasteiger partial charge on any atom is -0.313 e. The van der Waals surface area contributed by atoms with E-state index in [1.54, 1.807) is 0 Å². The minimum absolute atomic E-state index is 0.552. The Morgan fingerprint density at radius 2 is 1.70 bits per heavy atom. The predicted molar refractivity (Wildman–Crippen MR) is 92.5 cm³/mol. The van der Waals surface area contributed by atoms with Crippen LogP contribution in [-0.2, 0) is 0 Å². The fourth-order valence-electron chi connectivity index (χ4n) is 4.17. The lowest BCUT2D eigenvalue weighted by Crippen LogP contribution is -2.43. The molecule has 0 aliphatic heterocycles. The van der Waals surface area contributed by atoms with Gasteiger partial charge in [0.1, 0.15) is 0 Å². The molecule has 1 N–H and O–H groups in total. The van der Waals surface area contributed by atoms with Crippen molar-refractivity contribution in [1.29, 1.82) is 0 Å². The summed E-state index contributed by atoms with van der Waals surface area (Å²) in [6.07, 6.45) is 15.1. The number of hydrogen-bond donors (Lipinski definition) is 1. The smallest absolute Gasteiger partial charge is 0.0281 e. The highest BCUT2D eigenvalue weighted by atomic mass is 32.2. The summed E-state index contributed by atoms with van der Waals surface area (Å²) in [5.74, 6) is 0.951. The molecule has 1 nitrogen and oxygen atoms in total. The first kappa shape index (κ1) is 16.7. The molecule has 118 valence electrons. The van der Waals surface area contributed by atoms with Crippen LogP contribution >= 0.6 is 11.8 Å². The van der Waals surface area contributed by atoms with Gasteiger partial charge in [0, 0.05) is 17.3 Å². The van der Waals surface area contributed by atoms with Crippen LogP contribution in [0.4, 0.5) is 0 Å². The van der Waals surface area contributed by atoms with Gasteiger partial charge in [-0.3, -0.25) is 0 Å². The quantitative estimate of drug-likeness (QED) is 0.719. The van der Waals surface area contributed by atoms with Crippen LogP contribution in [0.1, 0.15) is 78.6 Å². The zero-order valence-electron chi connectivity index (χ0n) is 14.1. The Morgan fingerprint density at radius 1 is 1.10 bits per heavy atom. The Bertz CT molecular complexity index is 286. The Morgan fingerprint density at radius 3 is 2.20 bits per heavy atom. The van der Waals surface area contributed by atoms with Gasteiger partial charge in [0.2, 0.25) is 0 Å². The molecule has 2 saturated carbocycles. The molecule has 0 aromatic rings.